The van der Waals surface area contributed by atoms with Gasteiger partial charge in [-0.2, -0.15) is 0 Å². The molecule has 8 nitrogen and oxygen atoms in total. The van der Waals surface area contributed by atoms with E-state index in [1.54, 1.807) is 47.4 Å². The molecule has 3 aliphatic rings. The molecule has 0 bridgehead atoms. The molecule has 5 rings (SSSR count). The molecule has 2 saturated heterocycles. The number of nitrogens with zero attached hydrogens (tertiary/aromatic N) is 2. The standard InChI is InChI=1S/C28H28N2O6/c1-3-35-21-10-8-19(9-11-21)29-16-18(14-25(29)31)28(34)36-22-6-4-5-20(15-22)30-26(32)23-12-7-17(2)13-24(23)27(30)33/h4-11,15,18,23-24H,3,12-14,16H2,1-2H3/t18-,23-,24+/m1/s1. The molecule has 0 N–H and O–H groups in total. The maximum Gasteiger partial charge on any atom is 0.316 e. The Bertz CT molecular complexity index is 1250. The van der Waals surface area contributed by atoms with Crippen LogP contribution in [0.3, 0.4) is 0 Å². The zero-order chi connectivity index (χ0) is 25.4. The Balaban J connectivity index is 1.26. The molecule has 3 atom stereocenters. The van der Waals surface area contributed by atoms with Gasteiger partial charge in [-0.05, 0) is 63.1 Å². The first kappa shape index (κ1) is 23.8. The Morgan fingerprint density at radius 3 is 2.44 bits per heavy atom. The number of carbonyl (C=O) groups is 4. The van der Waals surface area contributed by atoms with Crippen LogP contribution in [0.4, 0.5) is 11.4 Å². The van der Waals surface area contributed by atoms with Crippen molar-refractivity contribution in [3.8, 4) is 11.5 Å². The van der Waals surface area contributed by atoms with Gasteiger partial charge in [-0.3, -0.25) is 19.2 Å². The topological polar surface area (TPSA) is 93.2 Å². The number of fused-ring (bicyclic) bond motifs is 1. The van der Waals surface area contributed by atoms with E-state index in [0.29, 0.717) is 36.6 Å². The zero-order valence-corrected chi connectivity index (χ0v) is 20.3. The lowest BCUT2D eigenvalue weighted by atomic mass is 9.82. The molecule has 36 heavy (non-hydrogen) atoms. The molecule has 8 heteroatoms. The fraction of sp³-hybridized carbons (Fsp3) is 0.357. The summed E-state index contributed by atoms with van der Waals surface area (Å²) in [6, 6.07) is 13.6. The van der Waals surface area contributed by atoms with Crippen molar-refractivity contribution in [2.45, 2.75) is 33.1 Å². The summed E-state index contributed by atoms with van der Waals surface area (Å²) in [7, 11) is 0. The maximum absolute atomic E-state index is 13.0. The molecule has 2 aliphatic heterocycles. The number of hydrogen-bond donors (Lipinski definition) is 0. The second-order valence-corrected chi connectivity index (χ2v) is 9.47. The molecule has 2 fully saturated rings. The minimum atomic E-state index is -0.625. The Morgan fingerprint density at radius 2 is 1.69 bits per heavy atom. The van der Waals surface area contributed by atoms with Gasteiger partial charge in [0.15, 0.2) is 0 Å². The van der Waals surface area contributed by atoms with Crippen molar-refractivity contribution in [3.63, 3.8) is 0 Å². The fourth-order valence-corrected chi connectivity index (χ4v) is 5.18. The maximum atomic E-state index is 13.0. The largest absolute Gasteiger partial charge is 0.494 e. The van der Waals surface area contributed by atoms with E-state index >= 15 is 0 Å². The van der Waals surface area contributed by atoms with Crippen LogP contribution in [0.5, 0.6) is 11.5 Å². The molecule has 0 aromatic heterocycles. The Labute approximate surface area is 209 Å². The third-order valence-corrected chi connectivity index (χ3v) is 7.04. The van der Waals surface area contributed by atoms with E-state index in [9.17, 15) is 19.2 Å². The lowest BCUT2D eigenvalue weighted by Gasteiger charge is -2.18. The summed E-state index contributed by atoms with van der Waals surface area (Å²) in [5.74, 6) is -1.48. The molecular formula is C28H28N2O6. The van der Waals surface area contributed by atoms with E-state index in [2.05, 4.69) is 0 Å². The molecule has 2 aromatic carbocycles. The summed E-state index contributed by atoms with van der Waals surface area (Å²) in [5, 5.41) is 0. The number of ether oxygens (including phenoxy) is 2. The highest BCUT2D eigenvalue weighted by atomic mass is 16.5. The number of amides is 3. The van der Waals surface area contributed by atoms with Crippen molar-refractivity contribution in [2.75, 3.05) is 23.0 Å². The third-order valence-electron chi connectivity index (χ3n) is 7.04. The van der Waals surface area contributed by atoms with E-state index in [-0.39, 0.29) is 48.3 Å². The predicted molar refractivity (Wildman–Crippen MR) is 133 cm³/mol. The summed E-state index contributed by atoms with van der Waals surface area (Å²) in [6.45, 7) is 4.64. The predicted octanol–water partition coefficient (Wildman–Crippen LogP) is 3.89. The highest BCUT2D eigenvalue weighted by molar-refractivity contribution is 6.22. The average molecular weight is 489 g/mol. The molecule has 0 spiro atoms. The quantitative estimate of drug-likeness (QED) is 0.265. The normalized spacial score (nSPS) is 23.6. The van der Waals surface area contributed by atoms with Gasteiger partial charge in [0.2, 0.25) is 17.7 Å². The van der Waals surface area contributed by atoms with Crippen LogP contribution >= 0.6 is 0 Å². The number of carbonyl (C=O) groups excluding carboxylic acids is 4. The van der Waals surface area contributed by atoms with Crippen molar-refractivity contribution < 1.29 is 28.7 Å². The second kappa shape index (κ2) is 9.60. The average Bonchev–Trinajstić information content (AvgIpc) is 3.37. The molecule has 1 aliphatic carbocycles. The lowest BCUT2D eigenvalue weighted by molar-refractivity contribution is -0.139. The molecule has 0 radical (unpaired) electrons. The van der Waals surface area contributed by atoms with Crippen LogP contribution < -0.4 is 19.3 Å². The first-order valence-corrected chi connectivity index (χ1v) is 12.2. The number of allylic oxidation sites excluding steroid dienone is 2. The van der Waals surface area contributed by atoms with Crippen molar-refractivity contribution >= 4 is 35.1 Å². The van der Waals surface area contributed by atoms with Gasteiger partial charge in [-0.1, -0.05) is 17.7 Å². The number of imide groups is 1. The summed E-state index contributed by atoms with van der Waals surface area (Å²) >= 11 is 0. The number of hydrogen-bond acceptors (Lipinski definition) is 6. The van der Waals surface area contributed by atoms with E-state index in [4.69, 9.17) is 9.47 Å². The summed E-state index contributed by atoms with van der Waals surface area (Å²) in [4.78, 5) is 54.3. The molecule has 0 unspecified atom stereocenters. The molecule has 186 valence electrons. The van der Waals surface area contributed by atoms with Crippen molar-refractivity contribution in [3.05, 3.63) is 60.2 Å². The SMILES string of the molecule is CCOc1ccc(N2C[C@H](C(=O)Oc3cccc(N4C(=O)[C@H]5CC(C)=CC[C@H]5C4=O)c3)CC2=O)cc1. The van der Waals surface area contributed by atoms with E-state index < -0.39 is 11.9 Å². The van der Waals surface area contributed by atoms with Gasteiger partial charge in [0.1, 0.15) is 11.5 Å². The van der Waals surface area contributed by atoms with E-state index in [1.807, 2.05) is 19.9 Å². The monoisotopic (exact) mass is 488 g/mol. The zero-order valence-electron chi connectivity index (χ0n) is 20.3. The highest BCUT2D eigenvalue weighted by Crippen LogP contribution is 2.40. The van der Waals surface area contributed by atoms with Crippen LogP contribution in [0.2, 0.25) is 0 Å². The Kier molecular flexibility index (Phi) is 6.35. The van der Waals surface area contributed by atoms with E-state index in [0.717, 1.165) is 5.57 Å². The number of benzene rings is 2. The molecule has 3 amide bonds. The van der Waals surface area contributed by atoms with Gasteiger partial charge in [0, 0.05) is 24.7 Å². The van der Waals surface area contributed by atoms with Crippen molar-refractivity contribution in [2.24, 2.45) is 17.8 Å². The van der Waals surface area contributed by atoms with Crippen molar-refractivity contribution in [1.82, 2.24) is 0 Å². The molecule has 2 aromatic rings. The smallest absolute Gasteiger partial charge is 0.316 e. The van der Waals surface area contributed by atoms with Crippen LogP contribution in [0, 0.1) is 17.8 Å². The lowest BCUT2D eigenvalue weighted by Crippen LogP contribution is -2.31. The van der Waals surface area contributed by atoms with Gasteiger partial charge in [0.05, 0.1) is 30.0 Å². The summed E-state index contributed by atoms with van der Waals surface area (Å²) < 4.78 is 11.0. The molecule has 2 heterocycles. The van der Waals surface area contributed by atoms with Crippen LogP contribution in [0.1, 0.15) is 33.1 Å². The van der Waals surface area contributed by atoms with Gasteiger partial charge in [-0.25, -0.2) is 4.90 Å². The van der Waals surface area contributed by atoms with Gasteiger partial charge in [0.25, 0.3) is 0 Å². The molecule has 0 saturated carbocycles. The van der Waals surface area contributed by atoms with Crippen LogP contribution in [0.15, 0.2) is 60.2 Å². The minimum Gasteiger partial charge on any atom is -0.494 e. The van der Waals surface area contributed by atoms with E-state index in [1.165, 1.54) is 11.0 Å². The Hall–Kier alpha value is -3.94. The fourth-order valence-electron chi connectivity index (χ4n) is 5.18. The third kappa shape index (κ3) is 4.39. The first-order chi connectivity index (χ1) is 17.4. The Morgan fingerprint density at radius 1 is 0.944 bits per heavy atom. The number of esters is 1. The van der Waals surface area contributed by atoms with Gasteiger partial charge in [-0.15, -0.1) is 0 Å². The number of rotatable bonds is 6. The van der Waals surface area contributed by atoms with Crippen LogP contribution in [0.25, 0.3) is 0 Å². The highest BCUT2D eigenvalue weighted by Gasteiger charge is 2.48. The van der Waals surface area contributed by atoms with Gasteiger partial charge < -0.3 is 14.4 Å². The second-order valence-electron chi connectivity index (χ2n) is 9.47. The first-order valence-electron chi connectivity index (χ1n) is 12.2. The van der Waals surface area contributed by atoms with Crippen LogP contribution in [-0.4, -0.2) is 36.8 Å². The van der Waals surface area contributed by atoms with Crippen LogP contribution in [-0.2, 0) is 19.2 Å². The summed E-state index contributed by atoms with van der Waals surface area (Å²) in [5.41, 5.74) is 2.20. The van der Waals surface area contributed by atoms with Crippen molar-refractivity contribution in [1.29, 1.82) is 0 Å². The molecular weight excluding hydrogens is 460 g/mol. The number of anilines is 2. The summed E-state index contributed by atoms with van der Waals surface area (Å²) in [6.07, 6.45) is 3.21. The van der Waals surface area contributed by atoms with Gasteiger partial charge >= 0.3 is 5.97 Å². The minimum absolute atomic E-state index is 0.0462.